The summed E-state index contributed by atoms with van der Waals surface area (Å²) >= 11 is 39.7. The maximum Gasteiger partial charge on any atom is 0.144 e. The quantitative estimate of drug-likeness (QED) is 0.149. The average molecular weight is 988 g/mol. The molecule has 0 fully saturated rings. The van der Waals surface area contributed by atoms with Crippen molar-refractivity contribution in [2.45, 2.75) is 10.2 Å². The molecule has 0 radical (unpaired) electrons. The molecular formula is C9HBr11. The largest absolute Gasteiger partial charge is 0.144 e. The molecule has 0 aliphatic heterocycles. The molecule has 11 heteroatoms. The highest BCUT2D eigenvalue weighted by Gasteiger charge is 2.47. The zero-order valence-corrected chi connectivity index (χ0v) is 26.2. The van der Waals surface area contributed by atoms with E-state index in [1.807, 2.05) is 0 Å². The Labute approximate surface area is 209 Å². The molecule has 0 aromatic heterocycles. The Kier molecular flexibility index (Phi) is 9.53. The first kappa shape index (κ1) is 22.5. The fraction of sp³-hybridized carbons (Fsp3) is 0.333. The van der Waals surface area contributed by atoms with Gasteiger partial charge in [0, 0.05) is 22.4 Å². The van der Waals surface area contributed by atoms with E-state index in [0.29, 0.717) is 0 Å². The lowest BCUT2D eigenvalue weighted by molar-refractivity contribution is 0.801. The molecule has 0 bridgehead atoms. The minimum atomic E-state index is -0.554. The van der Waals surface area contributed by atoms with Gasteiger partial charge in [0.15, 0.2) is 0 Å². The van der Waals surface area contributed by atoms with Crippen LogP contribution in [0.15, 0.2) is 22.4 Å². The molecule has 0 spiro atoms. The van der Waals surface area contributed by atoms with Crippen LogP contribution in [0.1, 0.15) is 11.5 Å². The van der Waals surface area contributed by atoms with Crippen molar-refractivity contribution < 1.29 is 0 Å². The van der Waals surface area contributed by atoms with Gasteiger partial charge in [-0.15, -0.1) is 0 Å². The maximum absolute atomic E-state index is 3.65. The van der Waals surface area contributed by atoms with Gasteiger partial charge >= 0.3 is 0 Å². The number of alkyl halides is 6. The molecule has 20 heavy (non-hydrogen) atoms. The monoisotopic (exact) mass is 977 g/mol. The number of hydrogen-bond acceptors (Lipinski definition) is 0. The lowest BCUT2D eigenvalue weighted by atomic mass is 10.0. The first-order valence-corrected chi connectivity index (χ1v) is 13.2. The summed E-state index contributed by atoms with van der Waals surface area (Å²) in [6.45, 7) is 0. The van der Waals surface area contributed by atoms with Crippen LogP contribution in [0.3, 0.4) is 0 Å². The Morgan fingerprint density at radius 2 is 0.750 bits per heavy atom. The van der Waals surface area contributed by atoms with E-state index in [1.165, 1.54) is 0 Å². The van der Waals surface area contributed by atoms with E-state index in [-0.39, 0.29) is 5.92 Å². The van der Waals surface area contributed by atoms with Gasteiger partial charge in [0.1, 0.15) is 4.29 Å². The molecule has 0 N–H and O–H groups in total. The van der Waals surface area contributed by atoms with Crippen LogP contribution in [0.4, 0.5) is 0 Å². The molecule has 0 aliphatic rings. The third-order valence-corrected chi connectivity index (χ3v) is 11.1. The van der Waals surface area contributed by atoms with Crippen molar-refractivity contribution in [1.29, 1.82) is 0 Å². The third-order valence-electron chi connectivity index (χ3n) is 2.19. The van der Waals surface area contributed by atoms with Gasteiger partial charge in [-0.3, -0.25) is 0 Å². The second-order valence-electron chi connectivity index (χ2n) is 3.50. The Morgan fingerprint density at radius 1 is 0.500 bits per heavy atom. The van der Waals surface area contributed by atoms with Crippen LogP contribution in [-0.4, -0.2) is 4.29 Å². The predicted molar refractivity (Wildman–Crippen MR) is 127 cm³/mol. The molecule has 0 unspecified atom stereocenters. The fourth-order valence-electron chi connectivity index (χ4n) is 1.39. The Morgan fingerprint density at radius 3 is 1.00 bits per heavy atom. The first-order chi connectivity index (χ1) is 8.80. The Balaban J connectivity index is 3.76. The van der Waals surface area contributed by atoms with Gasteiger partial charge in [0.25, 0.3) is 0 Å². The van der Waals surface area contributed by atoms with E-state index in [4.69, 9.17) is 0 Å². The van der Waals surface area contributed by atoms with Crippen molar-refractivity contribution in [1.82, 2.24) is 0 Å². The van der Waals surface area contributed by atoms with E-state index >= 15 is 0 Å². The number of hydrogen-bond donors (Lipinski definition) is 0. The highest BCUT2D eigenvalue weighted by molar-refractivity contribution is 9.40. The van der Waals surface area contributed by atoms with Crippen LogP contribution >= 0.6 is 175 Å². The normalized spacial score (nSPS) is 13.2. The summed E-state index contributed by atoms with van der Waals surface area (Å²) < 4.78 is 3.50. The molecule has 0 amide bonds. The summed E-state index contributed by atoms with van der Waals surface area (Å²) in [5.74, 6) is -0.112. The highest BCUT2D eigenvalue weighted by atomic mass is 80.0. The summed E-state index contributed by atoms with van der Waals surface area (Å²) in [5.41, 5.74) is 1.02. The molecule has 0 heterocycles. The van der Waals surface area contributed by atoms with Crippen molar-refractivity contribution >= 4 is 175 Å². The molecule has 0 nitrogen and oxygen atoms in total. The second kappa shape index (κ2) is 8.46. The smallest absolute Gasteiger partial charge is 0.0591 e. The lowest BCUT2D eigenvalue weighted by Gasteiger charge is -2.35. The van der Waals surface area contributed by atoms with Gasteiger partial charge in [0.2, 0.25) is 0 Å². The van der Waals surface area contributed by atoms with Gasteiger partial charge in [-0.1, -0.05) is 95.6 Å². The number of rotatable bonds is 1. The van der Waals surface area contributed by atoms with Crippen LogP contribution in [0, 0.1) is 0 Å². The van der Waals surface area contributed by atoms with Crippen LogP contribution in [0.2, 0.25) is 0 Å². The molecule has 0 saturated carbocycles. The molecule has 1 aromatic carbocycles. The molecule has 1 aromatic rings. The van der Waals surface area contributed by atoms with Gasteiger partial charge in [0.05, 0.1) is 5.92 Å². The maximum atomic E-state index is 3.65. The van der Waals surface area contributed by atoms with Crippen molar-refractivity contribution in [2.75, 3.05) is 0 Å². The molecule has 114 valence electrons. The number of benzene rings is 1. The van der Waals surface area contributed by atoms with Crippen LogP contribution < -0.4 is 0 Å². The molecule has 0 aliphatic carbocycles. The summed E-state index contributed by atoms with van der Waals surface area (Å²) in [4.78, 5) is 0. The lowest BCUT2D eigenvalue weighted by Crippen LogP contribution is -2.28. The van der Waals surface area contributed by atoms with E-state index < -0.39 is 4.29 Å². The van der Waals surface area contributed by atoms with Crippen LogP contribution in [0.25, 0.3) is 0 Å². The van der Waals surface area contributed by atoms with Gasteiger partial charge < -0.3 is 0 Å². The topological polar surface area (TPSA) is 0 Å². The van der Waals surface area contributed by atoms with Gasteiger partial charge in [-0.05, 0) is 85.2 Å². The molecule has 1 rings (SSSR count). The summed E-state index contributed by atoms with van der Waals surface area (Å²) in [6, 6.07) is 0. The van der Waals surface area contributed by atoms with E-state index in [9.17, 15) is 0 Å². The summed E-state index contributed by atoms with van der Waals surface area (Å²) in [7, 11) is 0. The minimum Gasteiger partial charge on any atom is -0.0591 e. The molecule has 0 saturated heterocycles. The van der Waals surface area contributed by atoms with Crippen molar-refractivity contribution in [3.63, 3.8) is 0 Å². The summed E-state index contributed by atoms with van der Waals surface area (Å²) in [5, 5.41) is 0. The van der Waals surface area contributed by atoms with Crippen LogP contribution in [-0.2, 0) is 0 Å². The number of halogens is 11. The first-order valence-electron chi connectivity index (χ1n) is 4.44. The van der Waals surface area contributed by atoms with Gasteiger partial charge in [-0.25, -0.2) is 0 Å². The SMILES string of the molecule is Brc1c(Br)c(Br)c(C(C(Br)(Br)Br)C(Br)(Br)Br)c(Br)c1Br. The standard InChI is InChI=1S/C9HBr11/c10-2-1(3(11)5(13)6(14)4(2)12)7(8(15,16)17)9(18,19)20/h7H. The molecule has 0 atom stereocenters. The molecular weight excluding hydrogens is 987 g/mol. The highest BCUT2D eigenvalue weighted by Crippen LogP contribution is 2.63. The fourth-order valence-corrected chi connectivity index (χ4v) is 11.1. The average Bonchev–Trinajstić information content (AvgIpc) is 2.26. The van der Waals surface area contributed by atoms with Crippen molar-refractivity contribution in [3.05, 3.63) is 27.9 Å². The minimum absolute atomic E-state index is 0.112. The Bertz CT molecular complexity index is 481. The van der Waals surface area contributed by atoms with Crippen LogP contribution in [0.5, 0.6) is 0 Å². The zero-order valence-electron chi connectivity index (χ0n) is 8.73. The third kappa shape index (κ3) is 5.25. The Hall–Kier alpha value is 4.50. The van der Waals surface area contributed by atoms with Crippen molar-refractivity contribution in [2.24, 2.45) is 0 Å². The summed E-state index contributed by atoms with van der Waals surface area (Å²) in [6.07, 6.45) is 0. The van der Waals surface area contributed by atoms with E-state index in [2.05, 4.69) is 175 Å². The van der Waals surface area contributed by atoms with E-state index in [0.717, 1.165) is 27.9 Å². The second-order valence-corrected chi connectivity index (χ2v) is 21.4. The predicted octanol–water partition coefficient (Wildman–Crippen LogP) is 10.3. The van der Waals surface area contributed by atoms with Gasteiger partial charge in [-0.2, -0.15) is 0 Å². The van der Waals surface area contributed by atoms with Crippen molar-refractivity contribution in [3.8, 4) is 0 Å². The zero-order chi connectivity index (χ0) is 16.0. The van der Waals surface area contributed by atoms with E-state index in [1.54, 1.807) is 0 Å².